The number of hydrogen-bond acceptors (Lipinski definition) is 5. The lowest BCUT2D eigenvalue weighted by Crippen LogP contribution is -2.56. The molecule has 0 atom stereocenters. The molecule has 3 aromatic rings. The van der Waals surface area contributed by atoms with Crippen molar-refractivity contribution in [3.8, 4) is 0 Å². The molecule has 4 rings (SSSR count). The Bertz CT molecular complexity index is 1080. The molecule has 1 fully saturated rings. The average molecular weight is 430 g/mol. The quantitative estimate of drug-likeness (QED) is 0.617. The molecule has 6 nitrogen and oxygen atoms in total. The Morgan fingerprint density at radius 1 is 1.23 bits per heavy atom. The molecule has 30 heavy (non-hydrogen) atoms. The number of carbonyl (C=O) groups is 2. The number of benzene rings is 1. The van der Waals surface area contributed by atoms with E-state index >= 15 is 0 Å². The maximum Gasteiger partial charge on any atom is 0.331 e. The number of nitrogens with zero attached hydrogens (tertiary/aromatic N) is 2. The van der Waals surface area contributed by atoms with Gasteiger partial charge in [-0.05, 0) is 43.5 Å². The second-order valence-electron chi connectivity index (χ2n) is 7.79. The number of carbonyl (C=O) groups excluding carboxylic acids is 2. The van der Waals surface area contributed by atoms with E-state index in [0.29, 0.717) is 24.3 Å². The lowest BCUT2D eigenvalue weighted by molar-refractivity contribution is -0.149. The van der Waals surface area contributed by atoms with E-state index in [9.17, 15) is 14.0 Å². The van der Waals surface area contributed by atoms with Gasteiger partial charge in [-0.25, -0.2) is 9.18 Å². The lowest BCUT2D eigenvalue weighted by atomic mass is 9.81. The molecule has 0 aliphatic heterocycles. The Kier molecular flexibility index (Phi) is 5.60. The van der Waals surface area contributed by atoms with Crippen molar-refractivity contribution >= 4 is 33.4 Å². The maximum absolute atomic E-state index is 13.2. The summed E-state index contributed by atoms with van der Waals surface area (Å²) in [5.41, 5.74) is 0.796. The predicted molar refractivity (Wildman–Crippen MR) is 113 cm³/mol. The number of aryl methyl sites for hydroxylation is 1. The van der Waals surface area contributed by atoms with Gasteiger partial charge in [0.1, 0.15) is 16.2 Å². The number of halogens is 1. The number of thiophene rings is 1. The summed E-state index contributed by atoms with van der Waals surface area (Å²) < 4.78 is 20.0. The van der Waals surface area contributed by atoms with E-state index in [1.807, 2.05) is 17.7 Å². The highest BCUT2D eigenvalue weighted by atomic mass is 32.1. The Balaban J connectivity index is 1.60. The van der Waals surface area contributed by atoms with Gasteiger partial charge < -0.3 is 10.1 Å². The van der Waals surface area contributed by atoms with E-state index in [1.165, 1.54) is 30.6 Å². The molecule has 158 valence electrons. The molecule has 1 N–H and O–H groups in total. The smallest absolute Gasteiger partial charge is 0.331 e. The summed E-state index contributed by atoms with van der Waals surface area (Å²) in [4.78, 5) is 26.9. The van der Waals surface area contributed by atoms with Gasteiger partial charge in [-0.3, -0.25) is 9.48 Å². The van der Waals surface area contributed by atoms with Gasteiger partial charge >= 0.3 is 5.97 Å². The number of hydrogen-bond donors (Lipinski definition) is 1. The van der Waals surface area contributed by atoms with Crippen molar-refractivity contribution < 1.29 is 18.7 Å². The van der Waals surface area contributed by atoms with Crippen LogP contribution in [0.1, 0.15) is 53.0 Å². The van der Waals surface area contributed by atoms with Gasteiger partial charge in [-0.15, -0.1) is 11.3 Å². The summed E-state index contributed by atoms with van der Waals surface area (Å²) in [6.45, 7) is 2.38. The van der Waals surface area contributed by atoms with E-state index in [0.717, 1.165) is 40.7 Å². The monoisotopic (exact) mass is 429 g/mol. The molecule has 8 heteroatoms. The molecule has 0 radical (unpaired) electrons. The predicted octanol–water partition coefficient (Wildman–Crippen LogP) is 4.20. The SMILES string of the molecule is COC(=O)C1(NC(=O)c2cc3c(C)nn(Cc4ccc(F)cc4)c3s2)CCCCC1. The zero-order chi connectivity index (χ0) is 21.3. The van der Waals surface area contributed by atoms with Crippen LogP contribution in [0, 0.1) is 12.7 Å². The highest BCUT2D eigenvalue weighted by Gasteiger charge is 2.42. The largest absolute Gasteiger partial charge is 0.467 e. The Hall–Kier alpha value is -2.74. The second kappa shape index (κ2) is 8.18. The van der Waals surface area contributed by atoms with Crippen LogP contribution in [-0.2, 0) is 16.1 Å². The molecule has 2 aromatic heterocycles. The maximum atomic E-state index is 13.2. The number of esters is 1. The topological polar surface area (TPSA) is 73.2 Å². The van der Waals surface area contributed by atoms with Crippen LogP contribution in [0.15, 0.2) is 30.3 Å². The van der Waals surface area contributed by atoms with Crippen LogP contribution in [0.2, 0.25) is 0 Å². The van der Waals surface area contributed by atoms with Gasteiger partial charge in [0, 0.05) is 5.39 Å². The van der Waals surface area contributed by atoms with Crippen LogP contribution in [0.4, 0.5) is 4.39 Å². The fraction of sp³-hybridized carbons (Fsp3) is 0.409. The molecular formula is C22H24FN3O3S. The van der Waals surface area contributed by atoms with Crippen LogP contribution in [0.5, 0.6) is 0 Å². The number of aromatic nitrogens is 2. The Morgan fingerprint density at radius 3 is 2.60 bits per heavy atom. The lowest BCUT2D eigenvalue weighted by Gasteiger charge is -2.35. The van der Waals surface area contributed by atoms with Crippen LogP contribution in [0.3, 0.4) is 0 Å². The molecule has 1 amide bonds. The summed E-state index contributed by atoms with van der Waals surface area (Å²) in [6.07, 6.45) is 4.00. The fourth-order valence-corrected chi connectivity index (χ4v) is 5.16. The van der Waals surface area contributed by atoms with Gasteiger partial charge in [0.2, 0.25) is 0 Å². The molecular weight excluding hydrogens is 405 g/mol. The van der Waals surface area contributed by atoms with Crippen LogP contribution in [-0.4, -0.2) is 34.3 Å². The molecule has 1 aromatic carbocycles. The van der Waals surface area contributed by atoms with E-state index < -0.39 is 5.54 Å². The van der Waals surface area contributed by atoms with E-state index in [2.05, 4.69) is 10.4 Å². The third-order valence-electron chi connectivity index (χ3n) is 5.71. The van der Waals surface area contributed by atoms with Crippen molar-refractivity contribution in [3.05, 3.63) is 52.3 Å². The van der Waals surface area contributed by atoms with Crippen molar-refractivity contribution in [2.24, 2.45) is 0 Å². The molecule has 0 unspecified atom stereocenters. The molecule has 1 saturated carbocycles. The first-order valence-corrected chi connectivity index (χ1v) is 10.9. The van der Waals surface area contributed by atoms with Crippen molar-refractivity contribution in [2.75, 3.05) is 7.11 Å². The van der Waals surface area contributed by atoms with Crippen molar-refractivity contribution in [3.63, 3.8) is 0 Å². The first-order chi connectivity index (χ1) is 14.4. The van der Waals surface area contributed by atoms with Gasteiger partial charge in [0.05, 0.1) is 24.2 Å². The minimum Gasteiger partial charge on any atom is -0.467 e. The summed E-state index contributed by atoms with van der Waals surface area (Å²) in [5.74, 6) is -0.926. The van der Waals surface area contributed by atoms with E-state index in [1.54, 1.807) is 12.1 Å². The number of ether oxygens (including phenoxy) is 1. The van der Waals surface area contributed by atoms with Crippen molar-refractivity contribution in [1.29, 1.82) is 0 Å². The van der Waals surface area contributed by atoms with Crippen molar-refractivity contribution in [2.45, 2.75) is 51.1 Å². The third kappa shape index (κ3) is 3.84. The summed E-state index contributed by atoms with van der Waals surface area (Å²) in [6, 6.07) is 8.12. The zero-order valence-electron chi connectivity index (χ0n) is 17.0. The van der Waals surface area contributed by atoms with E-state index in [-0.39, 0.29) is 17.7 Å². The number of nitrogens with one attached hydrogen (secondary N) is 1. The van der Waals surface area contributed by atoms with Gasteiger partial charge in [-0.1, -0.05) is 31.4 Å². The Morgan fingerprint density at radius 2 is 1.93 bits per heavy atom. The van der Waals surface area contributed by atoms with E-state index in [4.69, 9.17) is 4.74 Å². The van der Waals surface area contributed by atoms with Crippen LogP contribution in [0.25, 0.3) is 10.2 Å². The van der Waals surface area contributed by atoms with Crippen molar-refractivity contribution in [1.82, 2.24) is 15.1 Å². The summed E-state index contributed by atoms with van der Waals surface area (Å²) in [5, 5.41) is 8.44. The number of amides is 1. The Labute approximate surface area is 178 Å². The second-order valence-corrected chi connectivity index (χ2v) is 8.82. The average Bonchev–Trinajstić information content (AvgIpc) is 3.31. The molecule has 0 saturated heterocycles. The minimum absolute atomic E-state index is 0.267. The first kappa shape index (κ1) is 20.5. The van der Waals surface area contributed by atoms with Gasteiger partial charge in [0.25, 0.3) is 5.91 Å². The van der Waals surface area contributed by atoms with Gasteiger partial charge in [0.15, 0.2) is 0 Å². The van der Waals surface area contributed by atoms with Crippen LogP contribution < -0.4 is 5.32 Å². The minimum atomic E-state index is -0.949. The zero-order valence-corrected chi connectivity index (χ0v) is 17.9. The molecule has 2 heterocycles. The summed E-state index contributed by atoms with van der Waals surface area (Å²) >= 11 is 1.34. The number of methoxy groups -OCH3 is 1. The normalized spacial score (nSPS) is 15.8. The molecule has 0 spiro atoms. The van der Waals surface area contributed by atoms with Crippen LogP contribution >= 0.6 is 11.3 Å². The standard InChI is InChI=1S/C22H24FN3O3S/c1-14-17-12-18(19(27)24-22(21(28)29-2)10-4-3-5-11-22)30-20(17)26(25-14)13-15-6-8-16(23)9-7-15/h6-9,12H,3-5,10-11,13H2,1-2H3,(H,24,27). The summed E-state index contributed by atoms with van der Waals surface area (Å²) in [7, 11) is 1.36. The fourth-order valence-electron chi connectivity index (χ4n) is 4.10. The van der Waals surface area contributed by atoms with Gasteiger partial charge in [-0.2, -0.15) is 5.10 Å². The number of fused-ring (bicyclic) bond motifs is 1. The first-order valence-electron chi connectivity index (χ1n) is 10.0. The molecule has 1 aliphatic carbocycles. The highest BCUT2D eigenvalue weighted by molar-refractivity contribution is 7.20. The molecule has 0 bridgehead atoms. The molecule has 1 aliphatic rings. The highest BCUT2D eigenvalue weighted by Crippen LogP contribution is 2.32. The number of rotatable bonds is 5. The third-order valence-corrected chi connectivity index (χ3v) is 6.86.